The molecule has 4 rings (SSSR count). The van der Waals surface area contributed by atoms with Crippen molar-refractivity contribution in [3.8, 4) is 0 Å². The summed E-state index contributed by atoms with van der Waals surface area (Å²) in [6, 6.07) is 6.97. The van der Waals surface area contributed by atoms with Gasteiger partial charge in [0, 0.05) is 29.1 Å². The summed E-state index contributed by atoms with van der Waals surface area (Å²) in [6.07, 6.45) is 0. The number of hydrogen-bond donors (Lipinski definition) is 2. The SMILES string of the molecule is Cc1nnc(N[C@H](C)c2cccc(C(F)(F)CN)c2F)c2cc3c(cc12)C(C)(C)C(=O)N3C. The largest absolute Gasteiger partial charge is 0.361 e. The van der Waals surface area contributed by atoms with Crippen LogP contribution in [0.15, 0.2) is 30.3 Å². The Balaban J connectivity index is 1.79. The molecule has 0 saturated heterocycles. The van der Waals surface area contributed by atoms with Gasteiger partial charge in [0.05, 0.1) is 29.3 Å². The standard InChI is InChI=1S/C24H26F3N5O/c1-12(14-7-6-8-17(20(14)25)24(26,27)11-28)29-21-16-10-19-18(9-15(16)13(2)30-31-21)23(3,4)22(33)32(19)5/h6-10,12H,11,28H2,1-5H3,(H,29,31)/t12-/m1/s1. The van der Waals surface area contributed by atoms with Crippen LogP contribution >= 0.6 is 0 Å². The molecule has 0 unspecified atom stereocenters. The van der Waals surface area contributed by atoms with Crippen molar-refractivity contribution >= 4 is 28.2 Å². The summed E-state index contributed by atoms with van der Waals surface area (Å²) in [5.41, 5.74) is 6.12. The highest BCUT2D eigenvalue weighted by molar-refractivity contribution is 6.10. The Bertz CT molecular complexity index is 1270. The normalized spacial score (nSPS) is 16.3. The zero-order valence-corrected chi connectivity index (χ0v) is 19.1. The number of amides is 1. The van der Waals surface area contributed by atoms with Gasteiger partial charge in [-0.1, -0.05) is 18.2 Å². The van der Waals surface area contributed by atoms with E-state index in [0.29, 0.717) is 16.9 Å². The zero-order valence-electron chi connectivity index (χ0n) is 19.1. The number of alkyl halides is 2. The van der Waals surface area contributed by atoms with Crippen LogP contribution in [0.3, 0.4) is 0 Å². The number of benzene rings is 2. The van der Waals surface area contributed by atoms with Crippen LogP contribution in [0.4, 0.5) is 24.7 Å². The maximum Gasteiger partial charge on any atom is 0.288 e. The van der Waals surface area contributed by atoms with Crippen LogP contribution < -0.4 is 16.0 Å². The Hall–Kier alpha value is -3.20. The minimum Gasteiger partial charge on any atom is -0.361 e. The number of likely N-dealkylation sites (N-methyl/N-ethyl adjacent to an activating group) is 1. The molecule has 0 aliphatic carbocycles. The summed E-state index contributed by atoms with van der Waals surface area (Å²) >= 11 is 0. The molecule has 1 aromatic heterocycles. The highest BCUT2D eigenvalue weighted by atomic mass is 19.3. The lowest BCUT2D eigenvalue weighted by molar-refractivity contribution is -0.121. The zero-order chi connectivity index (χ0) is 24.3. The Kier molecular flexibility index (Phi) is 5.35. The van der Waals surface area contributed by atoms with E-state index >= 15 is 0 Å². The second-order valence-corrected chi connectivity index (χ2v) is 9.02. The van der Waals surface area contributed by atoms with E-state index in [0.717, 1.165) is 22.7 Å². The lowest BCUT2D eigenvalue weighted by atomic mass is 9.85. The molecule has 2 heterocycles. The number of aromatic nitrogens is 2. The fourth-order valence-corrected chi connectivity index (χ4v) is 4.40. The first kappa shape index (κ1) is 23.0. The molecule has 0 radical (unpaired) electrons. The van der Waals surface area contributed by atoms with Crippen molar-refractivity contribution in [2.45, 2.75) is 45.1 Å². The average molecular weight is 458 g/mol. The Labute approximate surface area is 190 Å². The van der Waals surface area contributed by atoms with Gasteiger partial charge >= 0.3 is 0 Å². The summed E-state index contributed by atoms with van der Waals surface area (Å²) in [5, 5.41) is 13.1. The Morgan fingerprint density at radius 1 is 1.21 bits per heavy atom. The minimum atomic E-state index is -3.47. The molecule has 0 spiro atoms. The number of carbonyl (C=O) groups excluding carboxylic acids is 1. The Morgan fingerprint density at radius 2 is 1.91 bits per heavy atom. The van der Waals surface area contributed by atoms with Crippen LogP contribution in [0.1, 0.15) is 49.2 Å². The van der Waals surface area contributed by atoms with Crippen LogP contribution in [0, 0.1) is 12.7 Å². The second kappa shape index (κ2) is 7.69. The number of carbonyl (C=O) groups is 1. The van der Waals surface area contributed by atoms with E-state index in [1.165, 1.54) is 12.1 Å². The quantitative estimate of drug-likeness (QED) is 0.587. The molecule has 0 bridgehead atoms. The molecule has 0 fully saturated rings. The summed E-state index contributed by atoms with van der Waals surface area (Å²) in [5.74, 6) is -4.13. The molecule has 1 aliphatic rings. The predicted octanol–water partition coefficient (Wildman–Crippen LogP) is 4.55. The lowest BCUT2D eigenvalue weighted by Crippen LogP contribution is -2.33. The summed E-state index contributed by atoms with van der Waals surface area (Å²) in [7, 11) is 1.72. The number of nitrogens with zero attached hydrogens (tertiary/aromatic N) is 3. The van der Waals surface area contributed by atoms with E-state index in [1.54, 1.807) is 18.9 Å². The van der Waals surface area contributed by atoms with Gasteiger partial charge in [0.25, 0.3) is 5.92 Å². The van der Waals surface area contributed by atoms with Gasteiger partial charge in [-0.05, 0) is 45.4 Å². The number of rotatable bonds is 5. The fourth-order valence-electron chi connectivity index (χ4n) is 4.40. The molecule has 1 amide bonds. The first-order chi connectivity index (χ1) is 15.4. The number of nitrogens with two attached hydrogens (primary N) is 1. The van der Waals surface area contributed by atoms with E-state index in [2.05, 4.69) is 15.5 Å². The first-order valence-corrected chi connectivity index (χ1v) is 10.6. The van der Waals surface area contributed by atoms with Crippen LogP contribution in [0.25, 0.3) is 10.8 Å². The number of anilines is 2. The molecule has 2 aromatic carbocycles. The van der Waals surface area contributed by atoms with Gasteiger partial charge in [0.1, 0.15) is 5.82 Å². The summed E-state index contributed by atoms with van der Waals surface area (Å²) in [4.78, 5) is 14.3. The summed E-state index contributed by atoms with van der Waals surface area (Å²) < 4.78 is 43.2. The number of fused-ring (bicyclic) bond motifs is 2. The van der Waals surface area contributed by atoms with Crippen LogP contribution in [0.2, 0.25) is 0 Å². The van der Waals surface area contributed by atoms with E-state index < -0.39 is 35.3 Å². The van der Waals surface area contributed by atoms with Gasteiger partial charge < -0.3 is 16.0 Å². The van der Waals surface area contributed by atoms with Gasteiger partial charge in [-0.2, -0.15) is 13.9 Å². The lowest BCUT2D eigenvalue weighted by Gasteiger charge is -2.21. The van der Waals surface area contributed by atoms with Gasteiger partial charge in [-0.25, -0.2) is 4.39 Å². The van der Waals surface area contributed by atoms with Crippen molar-refractivity contribution in [1.29, 1.82) is 0 Å². The molecule has 3 aromatic rings. The van der Waals surface area contributed by atoms with Crippen LogP contribution in [-0.4, -0.2) is 29.7 Å². The molecule has 9 heteroatoms. The molecule has 3 N–H and O–H groups in total. The summed E-state index contributed by atoms with van der Waals surface area (Å²) in [6.45, 7) is 6.24. The molecule has 0 saturated carbocycles. The molecule has 6 nitrogen and oxygen atoms in total. The van der Waals surface area contributed by atoms with E-state index in [-0.39, 0.29) is 11.5 Å². The number of halogens is 3. The van der Waals surface area contributed by atoms with E-state index in [9.17, 15) is 18.0 Å². The predicted molar refractivity (Wildman–Crippen MR) is 122 cm³/mol. The number of aryl methyl sites for hydroxylation is 1. The van der Waals surface area contributed by atoms with Crippen molar-refractivity contribution in [3.63, 3.8) is 0 Å². The van der Waals surface area contributed by atoms with Crippen molar-refractivity contribution in [1.82, 2.24) is 10.2 Å². The molecule has 33 heavy (non-hydrogen) atoms. The van der Waals surface area contributed by atoms with Crippen LogP contribution in [0.5, 0.6) is 0 Å². The Morgan fingerprint density at radius 3 is 2.58 bits per heavy atom. The molecule has 1 aliphatic heterocycles. The molecular weight excluding hydrogens is 431 g/mol. The maximum atomic E-state index is 15.0. The third kappa shape index (κ3) is 3.51. The van der Waals surface area contributed by atoms with Gasteiger partial charge in [0.2, 0.25) is 5.91 Å². The highest BCUT2D eigenvalue weighted by Gasteiger charge is 2.42. The molecular formula is C24H26F3N5O. The second-order valence-electron chi connectivity index (χ2n) is 9.02. The van der Waals surface area contributed by atoms with Crippen molar-refractivity contribution in [3.05, 3.63) is 58.5 Å². The minimum absolute atomic E-state index is 0.0195. The average Bonchev–Trinajstić information content (AvgIpc) is 2.94. The van der Waals surface area contributed by atoms with E-state index in [1.807, 2.05) is 32.9 Å². The number of nitrogens with one attached hydrogen (secondary N) is 1. The topological polar surface area (TPSA) is 84.1 Å². The van der Waals surface area contributed by atoms with E-state index in [4.69, 9.17) is 5.73 Å². The third-order valence-corrected chi connectivity index (χ3v) is 6.45. The maximum absolute atomic E-state index is 15.0. The van der Waals surface area contributed by atoms with Crippen molar-refractivity contribution in [2.75, 3.05) is 23.8 Å². The third-order valence-electron chi connectivity index (χ3n) is 6.45. The fraction of sp³-hybridized carbons (Fsp3) is 0.375. The highest BCUT2D eigenvalue weighted by Crippen LogP contribution is 2.44. The van der Waals surface area contributed by atoms with Gasteiger partial charge in [-0.3, -0.25) is 4.79 Å². The van der Waals surface area contributed by atoms with Crippen molar-refractivity contribution < 1.29 is 18.0 Å². The van der Waals surface area contributed by atoms with Gasteiger partial charge in [-0.15, -0.1) is 5.10 Å². The monoisotopic (exact) mass is 457 g/mol. The molecule has 1 atom stereocenters. The van der Waals surface area contributed by atoms with Crippen molar-refractivity contribution in [2.24, 2.45) is 5.73 Å². The number of hydrogen-bond acceptors (Lipinski definition) is 5. The van der Waals surface area contributed by atoms with Gasteiger partial charge in [0.15, 0.2) is 5.82 Å². The van der Waals surface area contributed by atoms with Crippen LogP contribution in [-0.2, 0) is 16.1 Å². The molecule has 174 valence electrons. The smallest absolute Gasteiger partial charge is 0.288 e. The first-order valence-electron chi connectivity index (χ1n) is 10.6.